The number of likely N-dealkylation sites (N-methyl/N-ethyl adjacent to an activating group) is 1. The first-order chi connectivity index (χ1) is 7.59. The van der Waals surface area contributed by atoms with Crippen LogP contribution >= 0.6 is 12.2 Å². The number of carbonyl (C=O) groups is 1. The van der Waals surface area contributed by atoms with Gasteiger partial charge in [0.15, 0.2) is 11.7 Å². The van der Waals surface area contributed by atoms with Gasteiger partial charge in [0.1, 0.15) is 11.4 Å². The predicted molar refractivity (Wildman–Crippen MR) is 65.8 cm³/mol. The van der Waals surface area contributed by atoms with Gasteiger partial charge in [-0.1, -0.05) is 6.07 Å². The van der Waals surface area contributed by atoms with Crippen molar-refractivity contribution in [2.75, 3.05) is 23.9 Å². The summed E-state index contributed by atoms with van der Waals surface area (Å²) in [5.74, 6) is 0.535. The Hall–Kier alpha value is -1.82. The summed E-state index contributed by atoms with van der Waals surface area (Å²) in [6, 6.07) is 5.39. The van der Waals surface area contributed by atoms with Gasteiger partial charge in [0.05, 0.1) is 5.69 Å². The lowest BCUT2D eigenvalue weighted by Crippen LogP contribution is -2.36. The molecule has 2 rings (SSSR count). The molecule has 1 amide bonds. The molecule has 0 unspecified atom stereocenters. The zero-order valence-corrected chi connectivity index (χ0v) is 9.50. The number of hydrogen-bond acceptors (Lipinski definition) is 3. The van der Waals surface area contributed by atoms with Crippen LogP contribution in [0.5, 0.6) is 5.75 Å². The van der Waals surface area contributed by atoms with Gasteiger partial charge < -0.3 is 20.7 Å². The fraction of sp³-hybridized carbons (Fsp3) is 0.200. The molecule has 0 saturated heterocycles. The molecule has 1 aliphatic heterocycles. The molecule has 0 fully saturated rings. The van der Waals surface area contributed by atoms with E-state index in [1.54, 1.807) is 19.2 Å². The molecule has 16 heavy (non-hydrogen) atoms. The Kier molecular flexibility index (Phi) is 2.66. The van der Waals surface area contributed by atoms with Crippen molar-refractivity contribution in [3.63, 3.8) is 0 Å². The average Bonchev–Trinajstić information content (AvgIpc) is 2.23. The van der Waals surface area contributed by atoms with Crippen molar-refractivity contribution < 1.29 is 9.53 Å². The first-order valence-electron chi connectivity index (χ1n) is 4.68. The van der Waals surface area contributed by atoms with Crippen molar-refractivity contribution in [1.82, 2.24) is 0 Å². The molecule has 0 radical (unpaired) electrons. The topological polar surface area (TPSA) is 67.6 Å². The van der Waals surface area contributed by atoms with E-state index >= 15 is 0 Å². The summed E-state index contributed by atoms with van der Waals surface area (Å²) in [5, 5.41) is 2.97. The van der Waals surface area contributed by atoms with E-state index in [4.69, 9.17) is 22.7 Å². The molecule has 0 spiro atoms. The normalized spacial score (nSPS) is 14.1. The molecule has 0 aliphatic carbocycles. The van der Waals surface area contributed by atoms with Crippen molar-refractivity contribution in [3.05, 3.63) is 18.2 Å². The lowest BCUT2D eigenvalue weighted by molar-refractivity contribution is -0.120. The number of hydrogen-bond donors (Lipinski definition) is 2. The fourth-order valence-electron chi connectivity index (χ4n) is 1.58. The molecule has 1 aromatic rings. The molecule has 0 aromatic heterocycles. The van der Waals surface area contributed by atoms with E-state index in [-0.39, 0.29) is 17.6 Å². The van der Waals surface area contributed by atoms with Gasteiger partial charge in [0.25, 0.3) is 5.91 Å². The Morgan fingerprint density at radius 2 is 2.38 bits per heavy atom. The molecule has 0 bridgehead atoms. The first kappa shape index (κ1) is 10.7. The largest absolute Gasteiger partial charge is 0.481 e. The molecule has 1 aromatic carbocycles. The maximum Gasteiger partial charge on any atom is 0.264 e. The number of ether oxygens (including phenoxy) is 1. The number of anilines is 2. The van der Waals surface area contributed by atoms with Gasteiger partial charge in [0.2, 0.25) is 0 Å². The van der Waals surface area contributed by atoms with E-state index < -0.39 is 0 Å². The van der Waals surface area contributed by atoms with Crippen LogP contribution in [-0.2, 0) is 4.79 Å². The molecule has 0 saturated carbocycles. The standard InChI is InChI=1S/C10H11N3O2S/c1-13-8(14)5-15-7-4-2-3-6(9(7)13)12-10(11)16/h2-4H,5H2,1H3,(H3,11,12,16). The van der Waals surface area contributed by atoms with Crippen LogP contribution in [0.15, 0.2) is 18.2 Å². The smallest absolute Gasteiger partial charge is 0.264 e. The summed E-state index contributed by atoms with van der Waals surface area (Å²) in [6.07, 6.45) is 0. The zero-order chi connectivity index (χ0) is 11.7. The highest BCUT2D eigenvalue weighted by Crippen LogP contribution is 2.37. The highest BCUT2D eigenvalue weighted by molar-refractivity contribution is 7.80. The Labute approximate surface area is 98.2 Å². The van der Waals surface area contributed by atoms with Crippen molar-refractivity contribution in [1.29, 1.82) is 0 Å². The molecule has 3 N–H and O–H groups in total. The number of fused-ring (bicyclic) bond motifs is 1. The third-order valence-electron chi connectivity index (χ3n) is 2.32. The van der Waals surface area contributed by atoms with Crippen LogP contribution in [0, 0.1) is 0 Å². The maximum atomic E-state index is 11.5. The number of carbonyl (C=O) groups excluding carboxylic acids is 1. The van der Waals surface area contributed by atoms with Gasteiger partial charge in [-0.05, 0) is 24.4 Å². The second-order valence-corrected chi connectivity index (χ2v) is 3.82. The summed E-state index contributed by atoms with van der Waals surface area (Å²) in [4.78, 5) is 13.0. The zero-order valence-electron chi connectivity index (χ0n) is 8.69. The van der Waals surface area contributed by atoms with Crippen LogP contribution in [0.3, 0.4) is 0 Å². The van der Waals surface area contributed by atoms with Crippen LogP contribution in [0.4, 0.5) is 11.4 Å². The molecular formula is C10H11N3O2S. The van der Waals surface area contributed by atoms with E-state index in [1.165, 1.54) is 4.90 Å². The lowest BCUT2D eigenvalue weighted by atomic mass is 10.2. The van der Waals surface area contributed by atoms with E-state index in [9.17, 15) is 4.79 Å². The van der Waals surface area contributed by atoms with Gasteiger partial charge in [-0.25, -0.2) is 0 Å². The molecule has 84 valence electrons. The summed E-state index contributed by atoms with van der Waals surface area (Å²) in [6.45, 7) is 0.0556. The molecule has 5 nitrogen and oxygen atoms in total. The minimum absolute atomic E-state index is 0.0556. The van der Waals surface area contributed by atoms with Crippen molar-refractivity contribution in [2.45, 2.75) is 0 Å². The Bertz CT molecular complexity index is 461. The highest BCUT2D eigenvalue weighted by atomic mass is 32.1. The quantitative estimate of drug-likeness (QED) is 0.704. The van der Waals surface area contributed by atoms with Gasteiger partial charge in [0, 0.05) is 7.05 Å². The first-order valence-corrected chi connectivity index (χ1v) is 5.09. The molecule has 1 aliphatic rings. The second kappa shape index (κ2) is 3.97. The average molecular weight is 237 g/mol. The SMILES string of the molecule is CN1C(=O)COc2cccc(NC(N)=S)c21. The number of rotatable bonds is 1. The van der Waals surface area contributed by atoms with Crippen LogP contribution in [0.25, 0.3) is 0 Å². The van der Waals surface area contributed by atoms with Gasteiger partial charge in [-0.3, -0.25) is 4.79 Å². The lowest BCUT2D eigenvalue weighted by Gasteiger charge is -2.28. The van der Waals surface area contributed by atoms with E-state index in [1.807, 2.05) is 6.07 Å². The summed E-state index contributed by atoms with van der Waals surface area (Å²) in [5.41, 5.74) is 6.74. The van der Waals surface area contributed by atoms with Crippen molar-refractivity contribution in [3.8, 4) is 5.75 Å². The third-order valence-corrected chi connectivity index (χ3v) is 2.42. The summed E-state index contributed by atoms with van der Waals surface area (Å²) in [7, 11) is 1.69. The number of para-hydroxylation sites is 1. The molecular weight excluding hydrogens is 226 g/mol. The van der Waals surface area contributed by atoms with Crippen LogP contribution in [0.1, 0.15) is 0 Å². The second-order valence-electron chi connectivity index (χ2n) is 3.38. The van der Waals surface area contributed by atoms with E-state index in [2.05, 4.69) is 5.32 Å². The summed E-state index contributed by atoms with van der Waals surface area (Å²) < 4.78 is 5.31. The monoisotopic (exact) mass is 237 g/mol. The minimum atomic E-state index is -0.107. The highest BCUT2D eigenvalue weighted by Gasteiger charge is 2.24. The minimum Gasteiger partial charge on any atom is -0.481 e. The van der Waals surface area contributed by atoms with Gasteiger partial charge in [-0.15, -0.1) is 0 Å². The van der Waals surface area contributed by atoms with Crippen molar-refractivity contribution in [2.24, 2.45) is 5.73 Å². The number of nitrogens with zero attached hydrogens (tertiary/aromatic N) is 1. The molecule has 1 heterocycles. The Morgan fingerprint density at radius 3 is 3.06 bits per heavy atom. The Balaban J connectivity index is 2.48. The van der Waals surface area contributed by atoms with Gasteiger partial charge >= 0.3 is 0 Å². The number of benzene rings is 1. The number of nitrogens with one attached hydrogen (secondary N) is 1. The predicted octanol–water partition coefficient (Wildman–Crippen LogP) is 0.697. The van der Waals surface area contributed by atoms with Gasteiger partial charge in [-0.2, -0.15) is 0 Å². The number of amides is 1. The molecule has 6 heteroatoms. The molecule has 0 atom stereocenters. The van der Waals surface area contributed by atoms with E-state index in [0.29, 0.717) is 17.1 Å². The summed E-state index contributed by atoms with van der Waals surface area (Å²) >= 11 is 4.77. The van der Waals surface area contributed by atoms with E-state index in [0.717, 1.165) is 0 Å². The number of thiocarbonyl (C=S) groups is 1. The Morgan fingerprint density at radius 1 is 1.62 bits per heavy atom. The van der Waals surface area contributed by atoms with Crippen LogP contribution in [-0.4, -0.2) is 24.7 Å². The van der Waals surface area contributed by atoms with Crippen molar-refractivity contribution >= 4 is 34.6 Å². The fourth-order valence-corrected chi connectivity index (χ4v) is 1.69. The third kappa shape index (κ3) is 1.79. The maximum absolute atomic E-state index is 11.5. The van der Waals surface area contributed by atoms with Crippen LogP contribution in [0.2, 0.25) is 0 Å². The van der Waals surface area contributed by atoms with Crippen LogP contribution < -0.4 is 20.7 Å². The number of nitrogens with two attached hydrogens (primary N) is 1.